The molecule has 0 saturated heterocycles. The van der Waals surface area contributed by atoms with Gasteiger partial charge in [-0.3, -0.25) is 4.79 Å². The highest BCUT2D eigenvalue weighted by Crippen LogP contribution is 2.58. The molecule has 0 aromatic heterocycles. The van der Waals surface area contributed by atoms with Crippen LogP contribution >= 0.6 is 0 Å². The molecule has 2 rings (SSSR count). The first-order valence-electron chi connectivity index (χ1n) is 7.67. The van der Waals surface area contributed by atoms with Crippen molar-refractivity contribution in [3.05, 3.63) is 12.2 Å². The molecule has 2 aliphatic carbocycles. The lowest BCUT2D eigenvalue weighted by atomic mass is 9.59. The van der Waals surface area contributed by atoms with Crippen molar-refractivity contribution in [2.45, 2.75) is 59.0 Å². The Kier molecular flexibility index (Phi) is 4.36. The zero-order valence-electron chi connectivity index (χ0n) is 12.9. The van der Waals surface area contributed by atoms with Crippen LogP contribution in [0.25, 0.3) is 0 Å². The normalized spacial score (nSPS) is 40.5. The van der Waals surface area contributed by atoms with Gasteiger partial charge in [0.2, 0.25) is 0 Å². The predicted octanol–water partition coefficient (Wildman–Crippen LogP) is 3.53. The first kappa shape index (κ1) is 15.3. The summed E-state index contributed by atoms with van der Waals surface area (Å²) in [4.78, 5) is 22.8. The summed E-state index contributed by atoms with van der Waals surface area (Å²) >= 11 is 0. The van der Waals surface area contributed by atoms with E-state index in [1.807, 2.05) is 0 Å². The third-order valence-corrected chi connectivity index (χ3v) is 5.63. The molecule has 5 atom stereocenters. The Morgan fingerprint density at radius 3 is 2.55 bits per heavy atom. The van der Waals surface area contributed by atoms with Gasteiger partial charge < -0.3 is 9.53 Å². The average molecular weight is 278 g/mol. The summed E-state index contributed by atoms with van der Waals surface area (Å²) in [5.41, 5.74) is 1.34. The summed E-state index contributed by atoms with van der Waals surface area (Å²) in [6.45, 7) is 9.84. The molecule has 0 amide bonds. The van der Waals surface area contributed by atoms with Crippen LogP contribution in [0.15, 0.2) is 12.2 Å². The highest BCUT2D eigenvalue weighted by Gasteiger charge is 2.52. The van der Waals surface area contributed by atoms with E-state index >= 15 is 0 Å². The van der Waals surface area contributed by atoms with Crippen LogP contribution in [-0.2, 0) is 14.3 Å². The Balaban J connectivity index is 2.16. The Morgan fingerprint density at radius 2 is 2.05 bits per heavy atom. The first-order valence-corrected chi connectivity index (χ1v) is 7.67. The topological polar surface area (TPSA) is 43.4 Å². The maximum Gasteiger partial charge on any atom is 0.302 e. The zero-order chi connectivity index (χ0) is 14.9. The van der Waals surface area contributed by atoms with Gasteiger partial charge in [0.05, 0.1) is 0 Å². The van der Waals surface area contributed by atoms with Crippen LogP contribution < -0.4 is 0 Å². The van der Waals surface area contributed by atoms with E-state index in [-0.39, 0.29) is 23.4 Å². The molecule has 2 aliphatic rings. The van der Waals surface area contributed by atoms with Crippen LogP contribution in [-0.4, -0.2) is 18.4 Å². The molecule has 0 bridgehead atoms. The third kappa shape index (κ3) is 2.68. The summed E-state index contributed by atoms with van der Waals surface area (Å²) in [6, 6.07) is 0. The Labute approximate surface area is 121 Å². The molecule has 0 heterocycles. The van der Waals surface area contributed by atoms with Crippen molar-refractivity contribution in [1.29, 1.82) is 0 Å². The van der Waals surface area contributed by atoms with Crippen LogP contribution in [0.5, 0.6) is 0 Å². The maximum absolute atomic E-state index is 11.6. The van der Waals surface area contributed by atoms with Crippen molar-refractivity contribution in [3.63, 3.8) is 0 Å². The largest absolute Gasteiger partial charge is 0.463 e. The minimum absolute atomic E-state index is 0.0138. The van der Waals surface area contributed by atoms with E-state index < -0.39 is 0 Å². The molecule has 3 nitrogen and oxygen atoms in total. The molecular formula is C17H26O3. The number of hydrogen-bond donors (Lipinski definition) is 0. The second-order valence-corrected chi connectivity index (χ2v) is 6.87. The van der Waals surface area contributed by atoms with Crippen LogP contribution in [0, 0.1) is 23.2 Å². The lowest BCUT2D eigenvalue weighted by Crippen LogP contribution is -2.45. The smallest absolute Gasteiger partial charge is 0.302 e. The van der Waals surface area contributed by atoms with Gasteiger partial charge in [-0.2, -0.15) is 0 Å². The summed E-state index contributed by atoms with van der Waals surface area (Å²) < 4.78 is 5.36. The predicted molar refractivity (Wildman–Crippen MR) is 78.1 cm³/mol. The molecule has 0 radical (unpaired) electrons. The van der Waals surface area contributed by atoms with Crippen molar-refractivity contribution < 1.29 is 14.3 Å². The second-order valence-electron chi connectivity index (χ2n) is 6.87. The van der Waals surface area contributed by atoms with Crippen molar-refractivity contribution in [1.82, 2.24) is 0 Å². The lowest BCUT2D eigenvalue weighted by Gasteiger charge is -2.47. The SMILES string of the molecule is C=C(C)[C@@H]1CC[C@]2(C1)[C@H](C)C[C@H](OC(C)=O)C[C@@H]2C=O. The van der Waals surface area contributed by atoms with Gasteiger partial charge in [0.25, 0.3) is 0 Å². The van der Waals surface area contributed by atoms with E-state index in [1.54, 1.807) is 0 Å². The van der Waals surface area contributed by atoms with E-state index in [0.29, 0.717) is 18.3 Å². The number of esters is 1. The van der Waals surface area contributed by atoms with E-state index in [9.17, 15) is 9.59 Å². The molecule has 112 valence electrons. The quantitative estimate of drug-likeness (QED) is 0.450. The van der Waals surface area contributed by atoms with E-state index in [0.717, 1.165) is 32.0 Å². The zero-order valence-corrected chi connectivity index (χ0v) is 12.9. The molecule has 2 fully saturated rings. The molecule has 0 aliphatic heterocycles. The Hall–Kier alpha value is -1.12. The summed E-state index contributed by atoms with van der Waals surface area (Å²) in [7, 11) is 0. The Morgan fingerprint density at radius 1 is 1.35 bits per heavy atom. The number of ether oxygens (including phenoxy) is 1. The van der Waals surface area contributed by atoms with Crippen molar-refractivity contribution in [2.75, 3.05) is 0 Å². The summed E-state index contributed by atoms with van der Waals surface area (Å²) in [5.74, 6) is 0.735. The molecule has 0 aromatic rings. The van der Waals surface area contributed by atoms with E-state index in [2.05, 4.69) is 20.4 Å². The fourth-order valence-corrected chi connectivity index (χ4v) is 4.44. The molecule has 1 spiro atoms. The maximum atomic E-state index is 11.6. The van der Waals surface area contributed by atoms with Crippen LogP contribution in [0.4, 0.5) is 0 Å². The Bertz CT molecular complexity index is 414. The highest BCUT2D eigenvalue weighted by molar-refractivity contribution is 5.66. The number of carbonyl (C=O) groups excluding carboxylic acids is 2. The molecular weight excluding hydrogens is 252 g/mol. The summed E-state index contributed by atoms with van der Waals surface area (Å²) in [5, 5.41) is 0. The number of hydrogen-bond acceptors (Lipinski definition) is 3. The molecule has 0 N–H and O–H groups in total. The van der Waals surface area contributed by atoms with Gasteiger partial charge in [-0.15, -0.1) is 0 Å². The van der Waals surface area contributed by atoms with Crippen molar-refractivity contribution in [2.24, 2.45) is 23.2 Å². The fraction of sp³-hybridized carbons (Fsp3) is 0.765. The molecule has 0 aromatic carbocycles. The van der Waals surface area contributed by atoms with Crippen LogP contribution in [0.3, 0.4) is 0 Å². The first-order chi connectivity index (χ1) is 9.39. The van der Waals surface area contributed by atoms with Gasteiger partial charge in [-0.05, 0) is 56.3 Å². The highest BCUT2D eigenvalue weighted by atomic mass is 16.5. The van der Waals surface area contributed by atoms with E-state index in [4.69, 9.17) is 4.74 Å². The van der Waals surface area contributed by atoms with Crippen LogP contribution in [0.2, 0.25) is 0 Å². The molecule has 20 heavy (non-hydrogen) atoms. The van der Waals surface area contributed by atoms with Crippen molar-refractivity contribution >= 4 is 12.3 Å². The van der Waals surface area contributed by atoms with Gasteiger partial charge in [-0.1, -0.05) is 19.1 Å². The number of carbonyl (C=O) groups is 2. The van der Waals surface area contributed by atoms with Gasteiger partial charge >= 0.3 is 5.97 Å². The molecule has 0 unspecified atom stereocenters. The lowest BCUT2D eigenvalue weighted by molar-refractivity contribution is -0.155. The third-order valence-electron chi connectivity index (χ3n) is 5.63. The van der Waals surface area contributed by atoms with Crippen molar-refractivity contribution in [3.8, 4) is 0 Å². The average Bonchev–Trinajstić information content (AvgIpc) is 2.79. The minimum atomic E-state index is -0.242. The van der Waals surface area contributed by atoms with Gasteiger partial charge in [0.15, 0.2) is 0 Å². The second kappa shape index (κ2) is 5.71. The monoisotopic (exact) mass is 278 g/mol. The standard InChI is InChI=1S/C17H26O3/c1-11(2)14-5-6-17(9-14)12(3)7-16(20-13(4)19)8-15(17)10-18/h10,12,14-16H,1,5-9H2,2-4H3/t12-,14-,15-,16+,17+/m1/s1. The van der Waals surface area contributed by atoms with Gasteiger partial charge in [-0.25, -0.2) is 0 Å². The van der Waals surface area contributed by atoms with Gasteiger partial charge in [0.1, 0.15) is 12.4 Å². The van der Waals surface area contributed by atoms with E-state index in [1.165, 1.54) is 12.5 Å². The van der Waals surface area contributed by atoms with Gasteiger partial charge in [0, 0.05) is 12.8 Å². The number of allylic oxidation sites excluding steroid dienone is 1. The summed E-state index contributed by atoms with van der Waals surface area (Å²) in [6.07, 6.45) is 5.90. The molecule has 2 saturated carbocycles. The minimum Gasteiger partial charge on any atom is -0.463 e. The number of aldehydes is 1. The number of rotatable bonds is 3. The van der Waals surface area contributed by atoms with Crippen LogP contribution in [0.1, 0.15) is 52.9 Å². The molecule has 3 heteroatoms. The fourth-order valence-electron chi connectivity index (χ4n) is 4.44.